The minimum Gasteiger partial charge on any atom is -0.497 e. The molecule has 0 radical (unpaired) electrons. The normalized spacial score (nSPS) is 13.6. The molecule has 0 aliphatic carbocycles. The maximum atomic E-state index is 14.3. The van der Waals surface area contributed by atoms with Crippen molar-refractivity contribution in [2.24, 2.45) is 0 Å². The van der Waals surface area contributed by atoms with Crippen molar-refractivity contribution in [2.45, 2.75) is 25.4 Å². The van der Waals surface area contributed by atoms with Gasteiger partial charge in [0, 0.05) is 35.3 Å². The zero-order valence-electron chi connectivity index (χ0n) is 16.2. The molecular weight excluding hydrogens is 373 g/mol. The van der Waals surface area contributed by atoms with Crippen molar-refractivity contribution in [1.82, 2.24) is 0 Å². The highest BCUT2D eigenvalue weighted by atomic mass is 31.1. The molecule has 0 amide bonds. The summed E-state index contributed by atoms with van der Waals surface area (Å²) >= 11 is 0. The number of benzene rings is 2. The second-order valence-electron chi connectivity index (χ2n) is 6.19. The van der Waals surface area contributed by atoms with Gasteiger partial charge in [0.05, 0.1) is 14.2 Å². The predicted octanol–water partition coefficient (Wildman–Crippen LogP) is 4.59. The SMILES string of the molecule is CCC(C)(Pc1ccc(F)cc1F)c1cc(OC)cc(OC)c1OCOC. The Bertz CT molecular complexity index is 785. The van der Waals surface area contributed by atoms with E-state index in [9.17, 15) is 8.78 Å². The lowest BCUT2D eigenvalue weighted by atomic mass is 9.95. The van der Waals surface area contributed by atoms with Gasteiger partial charge in [-0.3, -0.25) is 0 Å². The molecule has 0 saturated heterocycles. The van der Waals surface area contributed by atoms with E-state index in [2.05, 4.69) is 0 Å². The highest BCUT2D eigenvalue weighted by molar-refractivity contribution is 7.48. The van der Waals surface area contributed by atoms with E-state index in [0.717, 1.165) is 11.6 Å². The van der Waals surface area contributed by atoms with Crippen LogP contribution in [-0.4, -0.2) is 28.1 Å². The quantitative estimate of drug-likeness (QED) is 0.457. The van der Waals surface area contributed by atoms with E-state index < -0.39 is 16.8 Å². The molecule has 2 atom stereocenters. The fraction of sp³-hybridized carbons (Fsp3) is 0.400. The molecule has 4 nitrogen and oxygen atoms in total. The van der Waals surface area contributed by atoms with Gasteiger partial charge in [-0.2, -0.15) is 0 Å². The number of ether oxygens (including phenoxy) is 4. The van der Waals surface area contributed by atoms with Crippen LogP contribution in [0.2, 0.25) is 0 Å². The third-order valence-corrected chi connectivity index (χ3v) is 6.30. The Kier molecular flexibility index (Phi) is 7.40. The van der Waals surface area contributed by atoms with Crippen molar-refractivity contribution >= 4 is 13.9 Å². The minimum atomic E-state index is -0.591. The van der Waals surface area contributed by atoms with Gasteiger partial charge in [-0.15, -0.1) is 0 Å². The van der Waals surface area contributed by atoms with E-state index in [1.54, 1.807) is 20.3 Å². The van der Waals surface area contributed by atoms with Crippen molar-refractivity contribution in [3.05, 3.63) is 47.5 Å². The standard InChI is InChI=1S/C20H25F2O4P/c1-6-20(2,27-18-8-7-13(21)9-16(18)22)15-10-14(24-4)11-17(25-5)19(15)26-12-23-3/h7-11,27H,6,12H2,1-5H3. The number of hydrogen-bond acceptors (Lipinski definition) is 4. The van der Waals surface area contributed by atoms with Crippen LogP contribution in [0, 0.1) is 11.6 Å². The van der Waals surface area contributed by atoms with Crippen LogP contribution >= 0.6 is 8.58 Å². The summed E-state index contributed by atoms with van der Waals surface area (Å²) in [6.45, 7) is 4.08. The molecule has 0 fully saturated rings. The van der Waals surface area contributed by atoms with Crippen LogP contribution in [0.4, 0.5) is 8.78 Å². The van der Waals surface area contributed by atoms with Crippen LogP contribution in [0.15, 0.2) is 30.3 Å². The molecule has 0 bridgehead atoms. The monoisotopic (exact) mass is 398 g/mol. The van der Waals surface area contributed by atoms with Crippen molar-refractivity contribution in [1.29, 1.82) is 0 Å². The van der Waals surface area contributed by atoms with Gasteiger partial charge in [0.15, 0.2) is 18.3 Å². The summed E-state index contributed by atoms with van der Waals surface area (Å²) in [5.74, 6) is 0.495. The van der Waals surface area contributed by atoms with Crippen LogP contribution in [0.3, 0.4) is 0 Å². The Morgan fingerprint density at radius 1 is 1.04 bits per heavy atom. The first kappa shape index (κ1) is 21.4. The Labute approximate surface area is 160 Å². The average molecular weight is 398 g/mol. The lowest BCUT2D eigenvalue weighted by molar-refractivity contribution is 0.0479. The Morgan fingerprint density at radius 3 is 2.33 bits per heavy atom. The molecule has 2 unspecified atom stereocenters. The molecule has 0 saturated carbocycles. The van der Waals surface area contributed by atoms with Gasteiger partial charge in [-0.05, 0) is 24.6 Å². The van der Waals surface area contributed by atoms with Crippen molar-refractivity contribution in [3.8, 4) is 17.2 Å². The Hall–Kier alpha value is -1.91. The van der Waals surface area contributed by atoms with E-state index in [-0.39, 0.29) is 15.4 Å². The maximum absolute atomic E-state index is 14.3. The predicted molar refractivity (Wildman–Crippen MR) is 104 cm³/mol. The topological polar surface area (TPSA) is 36.9 Å². The van der Waals surface area contributed by atoms with E-state index in [1.807, 2.05) is 19.9 Å². The first-order chi connectivity index (χ1) is 12.9. The molecule has 0 spiro atoms. The van der Waals surface area contributed by atoms with Gasteiger partial charge in [0.1, 0.15) is 17.4 Å². The van der Waals surface area contributed by atoms with Gasteiger partial charge in [-0.25, -0.2) is 8.78 Å². The molecule has 0 aliphatic heterocycles. The molecule has 0 heterocycles. The minimum absolute atomic E-state index is 0.0446. The molecule has 2 aromatic rings. The average Bonchev–Trinajstić information content (AvgIpc) is 2.67. The first-order valence-electron chi connectivity index (χ1n) is 8.50. The van der Waals surface area contributed by atoms with Crippen molar-refractivity contribution in [3.63, 3.8) is 0 Å². The summed E-state index contributed by atoms with van der Waals surface area (Å²) in [5.41, 5.74) is 0.820. The summed E-state index contributed by atoms with van der Waals surface area (Å²) in [7, 11) is 4.69. The molecule has 7 heteroatoms. The maximum Gasteiger partial charge on any atom is 0.188 e. The summed E-state index contributed by atoms with van der Waals surface area (Å²) in [6.07, 6.45) is 0.696. The molecule has 2 aromatic carbocycles. The number of hydrogen-bond donors (Lipinski definition) is 0. The van der Waals surface area contributed by atoms with E-state index >= 15 is 0 Å². The van der Waals surface area contributed by atoms with Gasteiger partial charge in [0.2, 0.25) is 0 Å². The lowest BCUT2D eigenvalue weighted by Gasteiger charge is -2.32. The zero-order valence-corrected chi connectivity index (χ0v) is 17.2. The molecule has 0 aliphatic rings. The molecule has 2 rings (SSSR count). The summed E-state index contributed by atoms with van der Waals surface area (Å²) < 4.78 is 49.3. The fourth-order valence-corrected chi connectivity index (χ4v) is 4.21. The number of rotatable bonds is 9. The molecule has 0 N–H and O–H groups in total. The van der Waals surface area contributed by atoms with Gasteiger partial charge in [-0.1, -0.05) is 22.4 Å². The summed E-state index contributed by atoms with van der Waals surface area (Å²) in [5, 5.41) is -0.0240. The third kappa shape index (κ3) is 4.88. The van der Waals surface area contributed by atoms with E-state index in [4.69, 9.17) is 18.9 Å². The van der Waals surface area contributed by atoms with Crippen LogP contribution in [-0.2, 0) is 9.89 Å². The Morgan fingerprint density at radius 2 is 1.78 bits per heavy atom. The second kappa shape index (κ2) is 9.34. The fourth-order valence-electron chi connectivity index (χ4n) is 2.76. The van der Waals surface area contributed by atoms with E-state index in [1.165, 1.54) is 19.2 Å². The van der Waals surface area contributed by atoms with Crippen LogP contribution in [0.1, 0.15) is 25.8 Å². The van der Waals surface area contributed by atoms with Gasteiger partial charge in [0.25, 0.3) is 0 Å². The van der Waals surface area contributed by atoms with Gasteiger partial charge >= 0.3 is 0 Å². The molecule has 0 aromatic heterocycles. The largest absolute Gasteiger partial charge is 0.497 e. The summed E-state index contributed by atoms with van der Waals surface area (Å²) in [4.78, 5) is 0. The van der Waals surface area contributed by atoms with Crippen LogP contribution in [0.25, 0.3) is 0 Å². The number of halogens is 2. The highest BCUT2D eigenvalue weighted by Crippen LogP contribution is 2.51. The second-order valence-corrected chi connectivity index (χ2v) is 8.08. The van der Waals surface area contributed by atoms with Crippen molar-refractivity contribution in [2.75, 3.05) is 28.1 Å². The molecule has 27 heavy (non-hydrogen) atoms. The Balaban J connectivity index is 2.58. The molecular formula is C20H25F2O4P. The molecule has 148 valence electrons. The zero-order chi connectivity index (χ0) is 20.0. The first-order valence-corrected chi connectivity index (χ1v) is 9.50. The summed E-state index contributed by atoms with van der Waals surface area (Å²) in [6, 6.07) is 7.27. The van der Waals surface area contributed by atoms with Crippen molar-refractivity contribution < 1.29 is 27.7 Å². The van der Waals surface area contributed by atoms with E-state index in [0.29, 0.717) is 29.0 Å². The third-order valence-electron chi connectivity index (χ3n) is 4.45. The number of methoxy groups -OCH3 is 3. The van der Waals surface area contributed by atoms with Gasteiger partial charge < -0.3 is 18.9 Å². The van der Waals surface area contributed by atoms with Crippen LogP contribution < -0.4 is 19.5 Å². The lowest BCUT2D eigenvalue weighted by Crippen LogP contribution is -2.21. The highest BCUT2D eigenvalue weighted by Gasteiger charge is 2.32. The smallest absolute Gasteiger partial charge is 0.188 e. The van der Waals surface area contributed by atoms with Crippen LogP contribution in [0.5, 0.6) is 17.2 Å².